The average molecular weight is 370 g/mol. The molecule has 138 valence electrons. The van der Waals surface area contributed by atoms with Crippen LogP contribution in [0.5, 0.6) is 0 Å². The monoisotopic (exact) mass is 370 g/mol. The molecule has 0 saturated carbocycles. The van der Waals surface area contributed by atoms with Crippen molar-refractivity contribution in [3.05, 3.63) is 94.5 Å². The van der Waals surface area contributed by atoms with Gasteiger partial charge in [0.2, 0.25) is 0 Å². The molecule has 0 atom stereocenters. The molecular weight excluding hydrogens is 352 g/mol. The standard InChI is InChI=1S/C23H18N2O3/c1-25(2)15-12-10-14(11-13-15)23(28)24-19-9-5-8-18-20(19)22(27)17-7-4-3-6-16(17)21(18)26/h3-13H,1-2H3,(H,24,28). The van der Waals surface area contributed by atoms with E-state index in [0.717, 1.165) is 5.69 Å². The highest BCUT2D eigenvalue weighted by Crippen LogP contribution is 2.32. The first-order chi connectivity index (χ1) is 13.5. The smallest absolute Gasteiger partial charge is 0.255 e. The van der Waals surface area contributed by atoms with Crippen LogP contribution >= 0.6 is 0 Å². The van der Waals surface area contributed by atoms with Crippen LogP contribution < -0.4 is 10.2 Å². The molecule has 1 N–H and O–H groups in total. The molecule has 28 heavy (non-hydrogen) atoms. The molecule has 0 bridgehead atoms. The molecule has 0 heterocycles. The molecule has 1 aliphatic rings. The normalized spacial score (nSPS) is 12.2. The van der Waals surface area contributed by atoms with E-state index < -0.39 is 0 Å². The minimum Gasteiger partial charge on any atom is -0.378 e. The van der Waals surface area contributed by atoms with Gasteiger partial charge in [-0.1, -0.05) is 36.4 Å². The molecular formula is C23H18N2O3. The second kappa shape index (κ2) is 6.78. The number of nitrogens with one attached hydrogen (secondary N) is 1. The first-order valence-corrected chi connectivity index (χ1v) is 8.87. The van der Waals surface area contributed by atoms with Crippen LogP contribution in [0.1, 0.15) is 42.2 Å². The molecule has 0 saturated heterocycles. The predicted octanol–water partition coefficient (Wildman–Crippen LogP) is 3.78. The van der Waals surface area contributed by atoms with Crippen LogP contribution in [0, 0.1) is 0 Å². The van der Waals surface area contributed by atoms with Crippen molar-refractivity contribution in [3.63, 3.8) is 0 Å². The maximum atomic E-state index is 13.0. The fourth-order valence-corrected chi connectivity index (χ4v) is 3.35. The van der Waals surface area contributed by atoms with Crippen LogP contribution in [0.3, 0.4) is 0 Å². The van der Waals surface area contributed by atoms with Gasteiger partial charge in [0.25, 0.3) is 5.91 Å². The van der Waals surface area contributed by atoms with Crippen molar-refractivity contribution in [1.82, 2.24) is 0 Å². The number of fused-ring (bicyclic) bond motifs is 2. The zero-order valence-corrected chi connectivity index (χ0v) is 15.5. The second-order valence-electron chi connectivity index (χ2n) is 6.83. The Morgan fingerprint density at radius 1 is 0.750 bits per heavy atom. The molecule has 0 spiro atoms. The average Bonchev–Trinajstić information content (AvgIpc) is 2.72. The number of hydrogen-bond acceptors (Lipinski definition) is 4. The topological polar surface area (TPSA) is 66.5 Å². The molecule has 3 aromatic carbocycles. The lowest BCUT2D eigenvalue weighted by Crippen LogP contribution is -2.23. The zero-order chi connectivity index (χ0) is 19.8. The maximum Gasteiger partial charge on any atom is 0.255 e. The molecule has 0 fully saturated rings. The van der Waals surface area contributed by atoms with E-state index in [1.165, 1.54) is 0 Å². The number of ketones is 2. The summed E-state index contributed by atoms with van der Waals surface area (Å²) in [6.07, 6.45) is 0. The quantitative estimate of drug-likeness (QED) is 0.596. The summed E-state index contributed by atoms with van der Waals surface area (Å²) >= 11 is 0. The van der Waals surface area contributed by atoms with Crippen LogP contribution in [0.15, 0.2) is 66.7 Å². The summed E-state index contributed by atoms with van der Waals surface area (Å²) in [4.78, 5) is 40.4. The van der Waals surface area contributed by atoms with Gasteiger partial charge in [-0.25, -0.2) is 0 Å². The third-order valence-corrected chi connectivity index (χ3v) is 4.85. The second-order valence-corrected chi connectivity index (χ2v) is 6.83. The van der Waals surface area contributed by atoms with E-state index in [1.54, 1.807) is 54.6 Å². The highest BCUT2D eigenvalue weighted by molar-refractivity contribution is 6.30. The Hall–Kier alpha value is -3.73. The van der Waals surface area contributed by atoms with Crippen molar-refractivity contribution in [2.45, 2.75) is 0 Å². The summed E-state index contributed by atoms with van der Waals surface area (Å²) < 4.78 is 0. The minimum absolute atomic E-state index is 0.211. The number of carbonyl (C=O) groups excluding carboxylic acids is 3. The van der Waals surface area contributed by atoms with Crippen LogP contribution in [-0.4, -0.2) is 31.6 Å². The number of benzene rings is 3. The molecule has 4 rings (SSSR count). The molecule has 0 radical (unpaired) electrons. The maximum absolute atomic E-state index is 13.0. The van der Waals surface area contributed by atoms with Gasteiger partial charge < -0.3 is 10.2 Å². The Bertz CT molecular complexity index is 1110. The number of amides is 1. The number of hydrogen-bond donors (Lipinski definition) is 1. The highest BCUT2D eigenvalue weighted by Gasteiger charge is 2.31. The number of rotatable bonds is 3. The van der Waals surface area contributed by atoms with Crippen molar-refractivity contribution in [2.75, 3.05) is 24.3 Å². The van der Waals surface area contributed by atoms with Crippen molar-refractivity contribution in [1.29, 1.82) is 0 Å². The van der Waals surface area contributed by atoms with Crippen molar-refractivity contribution in [3.8, 4) is 0 Å². The van der Waals surface area contributed by atoms with Gasteiger partial charge in [0.1, 0.15) is 0 Å². The third-order valence-electron chi connectivity index (χ3n) is 4.85. The van der Waals surface area contributed by atoms with Gasteiger partial charge in [-0.15, -0.1) is 0 Å². The van der Waals surface area contributed by atoms with E-state index in [-0.39, 0.29) is 23.0 Å². The third kappa shape index (κ3) is 2.87. The fourth-order valence-electron chi connectivity index (χ4n) is 3.35. The summed E-state index contributed by atoms with van der Waals surface area (Å²) in [5, 5.41) is 2.79. The van der Waals surface area contributed by atoms with Gasteiger partial charge in [0, 0.05) is 42.0 Å². The molecule has 1 aliphatic carbocycles. The van der Waals surface area contributed by atoms with E-state index in [1.807, 2.05) is 31.1 Å². The van der Waals surface area contributed by atoms with Gasteiger partial charge in [-0.3, -0.25) is 14.4 Å². The lowest BCUT2D eigenvalue weighted by molar-refractivity contribution is 0.0978. The van der Waals surface area contributed by atoms with E-state index in [4.69, 9.17) is 0 Å². The van der Waals surface area contributed by atoms with E-state index >= 15 is 0 Å². The predicted molar refractivity (Wildman–Crippen MR) is 108 cm³/mol. The molecule has 3 aromatic rings. The van der Waals surface area contributed by atoms with Gasteiger partial charge >= 0.3 is 0 Å². The van der Waals surface area contributed by atoms with Crippen LogP contribution in [0.25, 0.3) is 0 Å². The first-order valence-electron chi connectivity index (χ1n) is 8.87. The first kappa shape index (κ1) is 17.7. The number of carbonyl (C=O) groups is 3. The van der Waals surface area contributed by atoms with Gasteiger partial charge in [-0.2, -0.15) is 0 Å². The molecule has 5 heteroatoms. The van der Waals surface area contributed by atoms with Crippen LogP contribution in [0.2, 0.25) is 0 Å². The highest BCUT2D eigenvalue weighted by atomic mass is 16.2. The van der Waals surface area contributed by atoms with Crippen molar-refractivity contribution in [2.24, 2.45) is 0 Å². The Balaban J connectivity index is 1.70. The van der Waals surface area contributed by atoms with E-state index in [2.05, 4.69) is 5.32 Å². The zero-order valence-electron chi connectivity index (χ0n) is 15.5. The van der Waals surface area contributed by atoms with Crippen LogP contribution in [0.4, 0.5) is 11.4 Å². The Morgan fingerprint density at radius 3 is 2.00 bits per heavy atom. The van der Waals surface area contributed by atoms with Crippen molar-refractivity contribution >= 4 is 28.8 Å². The summed E-state index contributed by atoms with van der Waals surface area (Å²) in [5.74, 6) is -0.807. The van der Waals surface area contributed by atoms with E-state index in [9.17, 15) is 14.4 Å². The lowest BCUT2D eigenvalue weighted by atomic mass is 9.83. The molecule has 5 nitrogen and oxygen atoms in total. The number of anilines is 2. The molecule has 1 amide bonds. The van der Waals surface area contributed by atoms with Gasteiger partial charge in [0.05, 0.1) is 11.3 Å². The van der Waals surface area contributed by atoms with Gasteiger partial charge in [-0.05, 0) is 30.3 Å². The number of nitrogens with zero attached hydrogens (tertiary/aromatic N) is 1. The van der Waals surface area contributed by atoms with Gasteiger partial charge in [0.15, 0.2) is 11.6 Å². The minimum atomic E-state index is -0.335. The Labute approximate surface area is 162 Å². The fraction of sp³-hybridized carbons (Fsp3) is 0.0870. The summed E-state index contributed by atoms with van der Waals surface area (Å²) in [5.41, 5.74) is 3.09. The lowest BCUT2D eigenvalue weighted by Gasteiger charge is -2.20. The molecule has 0 aromatic heterocycles. The SMILES string of the molecule is CN(C)c1ccc(C(=O)Nc2cccc3c2C(=O)c2ccccc2C3=O)cc1. The molecule has 0 aliphatic heterocycles. The van der Waals surface area contributed by atoms with E-state index in [0.29, 0.717) is 27.9 Å². The van der Waals surface area contributed by atoms with Crippen LogP contribution in [-0.2, 0) is 0 Å². The van der Waals surface area contributed by atoms with Crippen molar-refractivity contribution < 1.29 is 14.4 Å². The Morgan fingerprint density at radius 2 is 1.36 bits per heavy atom. The largest absolute Gasteiger partial charge is 0.378 e. The molecule has 0 unspecified atom stereocenters. The summed E-state index contributed by atoms with van der Waals surface area (Å²) in [6, 6.07) is 18.8. The summed E-state index contributed by atoms with van der Waals surface area (Å²) in [7, 11) is 3.84. The summed E-state index contributed by atoms with van der Waals surface area (Å²) in [6.45, 7) is 0. The Kier molecular flexibility index (Phi) is 4.28.